The Hall–Kier alpha value is -2.22. The molecule has 0 spiro atoms. The maximum absolute atomic E-state index is 5.18. The van der Waals surface area contributed by atoms with Gasteiger partial charge in [0, 0.05) is 18.0 Å². The van der Waals surface area contributed by atoms with Gasteiger partial charge in [-0.1, -0.05) is 5.92 Å². The summed E-state index contributed by atoms with van der Waals surface area (Å²) in [7, 11) is 0. The molecule has 68 valence electrons. The van der Waals surface area contributed by atoms with Crippen molar-refractivity contribution in [3.05, 3.63) is 24.5 Å². The predicted molar refractivity (Wildman–Crippen MR) is 49.9 cm³/mol. The summed E-state index contributed by atoms with van der Waals surface area (Å²) < 4.78 is 1.55. The van der Waals surface area contributed by atoms with Gasteiger partial charge in [0.05, 0.1) is 0 Å². The van der Waals surface area contributed by atoms with Gasteiger partial charge in [0.15, 0.2) is 5.82 Å². The average molecular weight is 185 g/mol. The monoisotopic (exact) mass is 185 g/mol. The first-order chi connectivity index (χ1) is 6.92. The van der Waals surface area contributed by atoms with Crippen LogP contribution in [0.4, 0.5) is 0 Å². The Morgan fingerprint density at radius 1 is 1.50 bits per heavy atom. The Morgan fingerprint density at radius 3 is 3.14 bits per heavy atom. The molecule has 2 heterocycles. The van der Waals surface area contributed by atoms with E-state index < -0.39 is 0 Å². The fourth-order valence-electron chi connectivity index (χ4n) is 1.10. The van der Waals surface area contributed by atoms with E-state index in [0.717, 1.165) is 5.56 Å². The molecule has 0 saturated heterocycles. The minimum Gasteiger partial charge on any atom is -0.264 e. The molecule has 0 amide bonds. The van der Waals surface area contributed by atoms with Crippen molar-refractivity contribution < 1.29 is 0 Å². The van der Waals surface area contributed by atoms with Gasteiger partial charge in [-0.25, -0.2) is 4.68 Å². The molecule has 0 radical (unpaired) electrons. The molecule has 2 aromatic heterocycles. The molecule has 0 aromatic carbocycles. The summed E-state index contributed by atoms with van der Waals surface area (Å²) >= 11 is 0. The summed E-state index contributed by atoms with van der Waals surface area (Å²) in [6.45, 7) is 0.358. The zero-order chi connectivity index (χ0) is 9.80. The Kier molecular flexibility index (Phi) is 2.19. The van der Waals surface area contributed by atoms with E-state index in [2.05, 4.69) is 26.4 Å². The zero-order valence-electron chi connectivity index (χ0n) is 7.33. The van der Waals surface area contributed by atoms with Crippen LogP contribution in [-0.2, 0) is 6.54 Å². The summed E-state index contributed by atoms with van der Waals surface area (Å²) in [5.74, 6) is 3.12. The van der Waals surface area contributed by atoms with Crippen LogP contribution in [0.25, 0.3) is 11.4 Å². The second kappa shape index (κ2) is 3.66. The van der Waals surface area contributed by atoms with Crippen LogP contribution in [0.1, 0.15) is 0 Å². The lowest BCUT2D eigenvalue weighted by Gasteiger charge is -1.98. The van der Waals surface area contributed by atoms with E-state index in [1.54, 1.807) is 17.1 Å². The molecule has 0 saturated carbocycles. The SMILES string of the molecule is C#CCn1nnnc1-c1cccnc1. The number of hydrogen-bond acceptors (Lipinski definition) is 4. The van der Waals surface area contributed by atoms with Crippen LogP contribution in [-0.4, -0.2) is 25.2 Å². The van der Waals surface area contributed by atoms with Gasteiger partial charge in [0.25, 0.3) is 0 Å². The van der Waals surface area contributed by atoms with Crippen LogP contribution in [0.3, 0.4) is 0 Å². The number of nitrogens with zero attached hydrogens (tertiary/aromatic N) is 5. The van der Waals surface area contributed by atoms with Crippen molar-refractivity contribution in [3.63, 3.8) is 0 Å². The number of aromatic nitrogens is 5. The lowest BCUT2D eigenvalue weighted by Crippen LogP contribution is -2.00. The van der Waals surface area contributed by atoms with Gasteiger partial charge < -0.3 is 0 Å². The molecule has 14 heavy (non-hydrogen) atoms. The quantitative estimate of drug-likeness (QED) is 0.634. The minimum absolute atomic E-state index is 0.358. The summed E-state index contributed by atoms with van der Waals surface area (Å²) in [4.78, 5) is 3.98. The number of rotatable bonds is 2. The van der Waals surface area contributed by atoms with Gasteiger partial charge in [-0.05, 0) is 22.6 Å². The summed E-state index contributed by atoms with van der Waals surface area (Å²) in [6.07, 6.45) is 8.57. The second-order valence-corrected chi connectivity index (χ2v) is 2.61. The number of pyridine rings is 1. The van der Waals surface area contributed by atoms with Gasteiger partial charge in [-0.15, -0.1) is 11.5 Å². The largest absolute Gasteiger partial charge is 0.264 e. The van der Waals surface area contributed by atoms with Crippen molar-refractivity contribution in [1.29, 1.82) is 0 Å². The van der Waals surface area contributed by atoms with Crippen molar-refractivity contribution >= 4 is 0 Å². The highest BCUT2D eigenvalue weighted by molar-refractivity contribution is 5.52. The van der Waals surface area contributed by atoms with E-state index in [0.29, 0.717) is 12.4 Å². The molecule has 5 nitrogen and oxygen atoms in total. The Morgan fingerprint density at radius 2 is 2.43 bits per heavy atom. The third-order valence-corrected chi connectivity index (χ3v) is 1.69. The standard InChI is InChI=1S/C9H7N5/c1-2-6-14-9(11-12-13-14)8-4-3-5-10-7-8/h1,3-5,7H,6H2. The van der Waals surface area contributed by atoms with Gasteiger partial charge in [-0.3, -0.25) is 4.98 Å². The fourth-order valence-corrected chi connectivity index (χ4v) is 1.10. The van der Waals surface area contributed by atoms with Crippen LogP contribution >= 0.6 is 0 Å². The molecule has 0 fully saturated rings. The zero-order valence-corrected chi connectivity index (χ0v) is 7.33. The molecule has 5 heteroatoms. The van der Waals surface area contributed by atoms with Crippen molar-refractivity contribution in [1.82, 2.24) is 25.2 Å². The molecule has 2 rings (SSSR count). The third-order valence-electron chi connectivity index (χ3n) is 1.69. The third kappa shape index (κ3) is 1.45. The molecule has 0 aliphatic carbocycles. The molecule has 0 unspecified atom stereocenters. The van der Waals surface area contributed by atoms with Crippen LogP contribution in [0.2, 0.25) is 0 Å². The lowest BCUT2D eigenvalue weighted by atomic mass is 10.3. The molecular weight excluding hydrogens is 178 g/mol. The van der Waals surface area contributed by atoms with Gasteiger partial charge in [-0.2, -0.15) is 0 Å². The smallest absolute Gasteiger partial charge is 0.184 e. The number of hydrogen-bond donors (Lipinski definition) is 0. The number of tetrazole rings is 1. The molecule has 2 aromatic rings. The first-order valence-corrected chi connectivity index (χ1v) is 4.02. The maximum Gasteiger partial charge on any atom is 0.184 e. The van der Waals surface area contributed by atoms with Crippen LogP contribution < -0.4 is 0 Å². The first-order valence-electron chi connectivity index (χ1n) is 4.02. The van der Waals surface area contributed by atoms with E-state index >= 15 is 0 Å². The Bertz CT molecular complexity index is 454. The van der Waals surface area contributed by atoms with Crippen molar-refractivity contribution in [2.24, 2.45) is 0 Å². The van der Waals surface area contributed by atoms with Crippen molar-refractivity contribution in [2.45, 2.75) is 6.54 Å². The van der Waals surface area contributed by atoms with Gasteiger partial charge in [0.1, 0.15) is 6.54 Å². The summed E-state index contributed by atoms with van der Waals surface area (Å²) in [6, 6.07) is 3.70. The van der Waals surface area contributed by atoms with Gasteiger partial charge in [0.2, 0.25) is 0 Å². The number of terminal acetylenes is 1. The normalized spacial score (nSPS) is 9.64. The molecule has 0 atom stereocenters. The van der Waals surface area contributed by atoms with Crippen molar-refractivity contribution in [3.8, 4) is 23.7 Å². The average Bonchev–Trinajstić information content (AvgIpc) is 2.68. The Balaban J connectivity index is 2.43. The summed E-state index contributed by atoms with van der Waals surface area (Å²) in [5, 5.41) is 11.2. The maximum atomic E-state index is 5.18. The predicted octanol–water partition coefficient (Wildman–Crippen LogP) is 0.368. The molecule has 0 aliphatic rings. The summed E-state index contributed by atoms with van der Waals surface area (Å²) in [5.41, 5.74) is 0.854. The molecule has 0 aliphatic heterocycles. The van der Waals surface area contributed by atoms with E-state index in [4.69, 9.17) is 6.42 Å². The minimum atomic E-state index is 0.358. The highest BCUT2D eigenvalue weighted by Crippen LogP contribution is 2.12. The van der Waals surface area contributed by atoms with Crippen LogP contribution in [0, 0.1) is 12.3 Å². The fraction of sp³-hybridized carbons (Fsp3) is 0.111. The topological polar surface area (TPSA) is 56.5 Å². The van der Waals surface area contributed by atoms with Crippen LogP contribution in [0.5, 0.6) is 0 Å². The molecule has 0 N–H and O–H groups in total. The van der Waals surface area contributed by atoms with E-state index in [1.807, 2.05) is 12.1 Å². The van der Waals surface area contributed by atoms with Crippen molar-refractivity contribution in [2.75, 3.05) is 0 Å². The van der Waals surface area contributed by atoms with E-state index in [1.165, 1.54) is 0 Å². The van der Waals surface area contributed by atoms with E-state index in [9.17, 15) is 0 Å². The van der Waals surface area contributed by atoms with E-state index in [-0.39, 0.29) is 0 Å². The van der Waals surface area contributed by atoms with Crippen LogP contribution in [0.15, 0.2) is 24.5 Å². The highest BCUT2D eigenvalue weighted by Gasteiger charge is 2.06. The first kappa shape index (κ1) is 8.38. The molecule has 0 bridgehead atoms. The second-order valence-electron chi connectivity index (χ2n) is 2.61. The molecular formula is C9H7N5. The van der Waals surface area contributed by atoms with Gasteiger partial charge >= 0.3 is 0 Å². The highest BCUT2D eigenvalue weighted by atomic mass is 15.5. The lowest BCUT2D eigenvalue weighted by molar-refractivity contribution is 0.675. The Labute approximate surface area is 80.8 Å².